The van der Waals surface area contributed by atoms with Crippen LogP contribution in [0, 0.1) is 6.92 Å². The number of hydrogen-bond donors (Lipinski definition) is 0. The SMILES string of the molecule is CCc1ccc(-n2c(SCC(=O)N3CCOCC3)nnc2-c2ccoc2C)cc1. The van der Waals surface area contributed by atoms with E-state index in [1.807, 2.05) is 22.5 Å². The summed E-state index contributed by atoms with van der Waals surface area (Å²) in [4.78, 5) is 14.4. The molecule has 0 saturated carbocycles. The Kier molecular flexibility index (Phi) is 6.01. The molecule has 0 N–H and O–H groups in total. The molecule has 152 valence electrons. The van der Waals surface area contributed by atoms with E-state index in [1.165, 1.54) is 17.3 Å². The lowest BCUT2D eigenvalue weighted by molar-refractivity contribution is -0.132. The third kappa shape index (κ3) is 4.23. The number of furan rings is 1. The summed E-state index contributed by atoms with van der Waals surface area (Å²) in [5.41, 5.74) is 3.12. The van der Waals surface area contributed by atoms with Crippen molar-refractivity contribution in [3.05, 3.63) is 47.9 Å². The third-order valence-corrected chi connectivity index (χ3v) is 5.94. The minimum absolute atomic E-state index is 0.0928. The highest BCUT2D eigenvalue weighted by atomic mass is 32.2. The number of morpholine rings is 1. The van der Waals surface area contributed by atoms with Gasteiger partial charge in [0.1, 0.15) is 5.76 Å². The number of rotatable bonds is 6. The molecule has 1 saturated heterocycles. The van der Waals surface area contributed by atoms with Gasteiger partial charge in [0, 0.05) is 18.8 Å². The molecule has 0 atom stereocenters. The molecule has 0 unspecified atom stereocenters. The van der Waals surface area contributed by atoms with Crippen molar-refractivity contribution in [1.29, 1.82) is 0 Å². The fourth-order valence-corrected chi connectivity index (χ4v) is 4.15. The summed E-state index contributed by atoms with van der Waals surface area (Å²) in [7, 11) is 0. The molecule has 3 aromatic rings. The molecule has 1 aliphatic heterocycles. The Morgan fingerprint density at radius 2 is 1.90 bits per heavy atom. The zero-order valence-corrected chi connectivity index (χ0v) is 17.4. The molecule has 0 bridgehead atoms. The van der Waals surface area contributed by atoms with E-state index in [9.17, 15) is 4.79 Å². The van der Waals surface area contributed by atoms with Crippen LogP contribution in [0.1, 0.15) is 18.2 Å². The number of aryl methyl sites for hydroxylation is 2. The van der Waals surface area contributed by atoms with Crippen molar-refractivity contribution < 1.29 is 13.9 Å². The lowest BCUT2D eigenvalue weighted by Crippen LogP contribution is -2.41. The lowest BCUT2D eigenvalue weighted by Gasteiger charge is -2.26. The molecule has 0 spiro atoms. The Hall–Kier alpha value is -2.58. The molecular formula is C21H24N4O3S. The highest BCUT2D eigenvalue weighted by Crippen LogP contribution is 2.30. The average molecular weight is 413 g/mol. The number of ether oxygens (including phenoxy) is 1. The zero-order valence-electron chi connectivity index (χ0n) is 16.6. The van der Waals surface area contributed by atoms with E-state index in [1.54, 1.807) is 6.26 Å². The summed E-state index contributed by atoms with van der Waals surface area (Å²) in [5.74, 6) is 1.90. The van der Waals surface area contributed by atoms with Gasteiger partial charge in [-0.25, -0.2) is 0 Å². The Bertz CT molecular complexity index is 974. The quantitative estimate of drug-likeness (QED) is 0.578. The average Bonchev–Trinajstić information content (AvgIpc) is 3.38. The molecule has 29 heavy (non-hydrogen) atoms. The first-order valence-corrected chi connectivity index (χ1v) is 10.7. The topological polar surface area (TPSA) is 73.4 Å². The first kappa shape index (κ1) is 19.7. The molecule has 1 aliphatic rings. The Morgan fingerprint density at radius 1 is 1.14 bits per heavy atom. The highest BCUT2D eigenvalue weighted by molar-refractivity contribution is 7.99. The van der Waals surface area contributed by atoms with Crippen LogP contribution in [0.15, 0.2) is 46.2 Å². The minimum atomic E-state index is 0.0928. The van der Waals surface area contributed by atoms with Crippen molar-refractivity contribution in [2.45, 2.75) is 25.4 Å². The first-order chi connectivity index (χ1) is 14.2. The van der Waals surface area contributed by atoms with Crippen LogP contribution < -0.4 is 0 Å². The standard InChI is InChI=1S/C21H24N4O3S/c1-3-16-4-6-17(7-5-16)25-20(18-8-11-28-15(18)2)22-23-21(25)29-14-19(26)24-9-12-27-13-10-24/h4-8,11H,3,9-10,12-14H2,1-2H3. The van der Waals surface area contributed by atoms with Gasteiger partial charge in [-0.2, -0.15) is 0 Å². The van der Waals surface area contributed by atoms with Gasteiger partial charge >= 0.3 is 0 Å². The molecule has 7 nitrogen and oxygen atoms in total. The summed E-state index contributed by atoms with van der Waals surface area (Å²) in [6.45, 7) is 6.52. The van der Waals surface area contributed by atoms with Crippen LogP contribution in [0.5, 0.6) is 0 Å². The molecule has 1 aromatic carbocycles. The fraction of sp³-hybridized carbons (Fsp3) is 0.381. The van der Waals surface area contributed by atoms with Gasteiger partial charge in [-0.15, -0.1) is 10.2 Å². The number of thioether (sulfide) groups is 1. The number of hydrogen-bond acceptors (Lipinski definition) is 6. The van der Waals surface area contributed by atoms with Crippen molar-refractivity contribution in [3.63, 3.8) is 0 Å². The molecule has 0 radical (unpaired) electrons. The second-order valence-electron chi connectivity index (χ2n) is 6.83. The van der Waals surface area contributed by atoms with Crippen LogP contribution in [-0.4, -0.2) is 57.6 Å². The second kappa shape index (κ2) is 8.84. The number of aromatic nitrogens is 3. The van der Waals surface area contributed by atoms with Crippen molar-refractivity contribution in [3.8, 4) is 17.1 Å². The largest absolute Gasteiger partial charge is 0.469 e. The van der Waals surface area contributed by atoms with Crippen molar-refractivity contribution in [2.24, 2.45) is 0 Å². The summed E-state index contributed by atoms with van der Waals surface area (Å²) < 4.78 is 12.8. The van der Waals surface area contributed by atoms with Gasteiger partial charge in [-0.05, 0) is 37.1 Å². The number of benzene rings is 1. The van der Waals surface area contributed by atoms with Gasteiger partial charge in [0.05, 0.1) is 30.8 Å². The third-order valence-electron chi connectivity index (χ3n) is 5.02. The molecule has 0 aliphatic carbocycles. The summed E-state index contributed by atoms with van der Waals surface area (Å²) in [6.07, 6.45) is 2.63. The Morgan fingerprint density at radius 3 is 2.55 bits per heavy atom. The molecule has 1 amide bonds. The van der Waals surface area contributed by atoms with Crippen LogP contribution in [0.2, 0.25) is 0 Å². The van der Waals surface area contributed by atoms with Gasteiger partial charge in [-0.1, -0.05) is 30.8 Å². The van der Waals surface area contributed by atoms with Crippen LogP contribution in [0.4, 0.5) is 0 Å². The van der Waals surface area contributed by atoms with Gasteiger partial charge in [0.25, 0.3) is 0 Å². The molecule has 1 fully saturated rings. The number of carbonyl (C=O) groups excluding carboxylic acids is 1. The maximum Gasteiger partial charge on any atom is 0.233 e. The summed E-state index contributed by atoms with van der Waals surface area (Å²) >= 11 is 1.40. The second-order valence-corrected chi connectivity index (χ2v) is 7.78. The van der Waals surface area contributed by atoms with E-state index in [0.717, 1.165) is 23.4 Å². The van der Waals surface area contributed by atoms with E-state index < -0.39 is 0 Å². The Labute approximate surface area is 174 Å². The summed E-state index contributed by atoms with van der Waals surface area (Å²) in [6, 6.07) is 10.2. The van der Waals surface area contributed by atoms with E-state index in [2.05, 4.69) is 41.4 Å². The molecule has 8 heteroatoms. The van der Waals surface area contributed by atoms with Crippen molar-refractivity contribution in [2.75, 3.05) is 32.1 Å². The van der Waals surface area contributed by atoms with Gasteiger partial charge in [0.2, 0.25) is 5.91 Å². The van der Waals surface area contributed by atoms with Crippen molar-refractivity contribution in [1.82, 2.24) is 19.7 Å². The van der Waals surface area contributed by atoms with E-state index in [4.69, 9.17) is 9.15 Å². The predicted octanol–water partition coefficient (Wildman–Crippen LogP) is 3.35. The molecule has 3 heterocycles. The number of carbonyl (C=O) groups is 1. The maximum absolute atomic E-state index is 12.6. The molecule has 2 aromatic heterocycles. The van der Waals surface area contributed by atoms with E-state index in [0.29, 0.717) is 43.0 Å². The van der Waals surface area contributed by atoms with E-state index in [-0.39, 0.29) is 5.91 Å². The van der Waals surface area contributed by atoms with Crippen LogP contribution in [-0.2, 0) is 16.0 Å². The first-order valence-electron chi connectivity index (χ1n) is 9.75. The normalized spacial score (nSPS) is 14.3. The summed E-state index contributed by atoms with van der Waals surface area (Å²) in [5, 5.41) is 9.49. The van der Waals surface area contributed by atoms with Crippen LogP contribution >= 0.6 is 11.8 Å². The number of amides is 1. The molecule has 4 rings (SSSR count). The lowest BCUT2D eigenvalue weighted by atomic mass is 10.1. The van der Waals surface area contributed by atoms with E-state index >= 15 is 0 Å². The smallest absolute Gasteiger partial charge is 0.233 e. The molecular weight excluding hydrogens is 388 g/mol. The number of nitrogens with zero attached hydrogens (tertiary/aromatic N) is 4. The zero-order chi connectivity index (χ0) is 20.2. The van der Waals surface area contributed by atoms with Crippen molar-refractivity contribution >= 4 is 17.7 Å². The Balaban J connectivity index is 1.63. The predicted molar refractivity (Wildman–Crippen MR) is 111 cm³/mol. The monoisotopic (exact) mass is 412 g/mol. The van der Waals surface area contributed by atoms with Gasteiger partial charge in [-0.3, -0.25) is 9.36 Å². The highest BCUT2D eigenvalue weighted by Gasteiger charge is 2.22. The van der Waals surface area contributed by atoms with Gasteiger partial charge < -0.3 is 14.1 Å². The van der Waals surface area contributed by atoms with Gasteiger partial charge in [0.15, 0.2) is 11.0 Å². The maximum atomic E-state index is 12.6. The fourth-order valence-electron chi connectivity index (χ4n) is 3.30. The van der Waals surface area contributed by atoms with Crippen LogP contribution in [0.3, 0.4) is 0 Å². The van der Waals surface area contributed by atoms with Crippen LogP contribution in [0.25, 0.3) is 17.1 Å². The minimum Gasteiger partial charge on any atom is -0.469 e.